The number of allylic oxidation sites excluding steroid dienone is 1. The van der Waals surface area contributed by atoms with Gasteiger partial charge in [0.15, 0.2) is 22.4 Å². The first kappa shape index (κ1) is 30.0. The normalized spacial score (nSPS) is 14.6. The Kier molecular flexibility index (Phi) is 11.4. The third-order valence-electron chi connectivity index (χ3n) is 7.02. The zero-order valence-electron chi connectivity index (χ0n) is 22.8. The van der Waals surface area contributed by atoms with Crippen LogP contribution in [0.5, 0.6) is 0 Å². The lowest BCUT2D eigenvalue weighted by molar-refractivity contribution is -0.119. The fraction of sp³-hybridized carbons (Fsp3) is 0.667. The Morgan fingerprint density at radius 3 is 2.06 bits per heavy atom. The van der Waals surface area contributed by atoms with Gasteiger partial charge in [-0.05, 0) is 60.7 Å². The summed E-state index contributed by atoms with van der Waals surface area (Å²) in [4.78, 5) is 12.2. The van der Waals surface area contributed by atoms with Crippen molar-refractivity contribution < 1.29 is 18.4 Å². The van der Waals surface area contributed by atoms with E-state index in [-0.39, 0.29) is 28.6 Å². The molecule has 0 spiro atoms. The van der Waals surface area contributed by atoms with E-state index in [2.05, 4.69) is 67.7 Å². The molecule has 1 aromatic carbocycles. The molecule has 1 rings (SSSR count). The molecule has 0 N–H and O–H groups in total. The largest absolute Gasteiger partial charge is 0.414 e. The molecule has 0 radical (unpaired) electrons. The van der Waals surface area contributed by atoms with Crippen LogP contribution in [0.3, 0.4) is 0 Å². The highest BCUT2D eigenvalue weighted by molar-refractivity contribution is 6.74. The quantitative estimate of drug-likeness (QED) is 0.211. The van der Waals surface area contributed by atoms with Gasteiger partial charge >= 0.3 is 0 Å². The van der Waals surface area contributed by atoms with E-state index in [9.17, 15) is 4.79 Å². The second kappa shape index (κ2) is 12.6. The van der Waals surface area contributed by atoms with Gasteiger partial charge in [-0.15, -0.1) is 0 Å². The van der Waals surface area contributed by atoms with Crippen LogP contribution in [-0.4, -0.2) is 41.7 Å². The SMILES string of the molecule is CC(C)(C)[Si](C)(C)OC[C@H](CC/C=C/C(=O)COCc1ccccc1)O[Si](C)(C)C(C)(C)C. The summed E-state index contributed by atoms with van der Waals surface area (Å²) < 4.78 is 18.8. The Labute approximate surface area is 205 Å². The number of benzene rings is 1. The molecule has 0 bridgehead atoms. The maximum Gasteiger partial charge on any atom is 0.192 e. The van der Waals surface area contributed by atoms with E-state index in [0.29, 0.717) is 13.2 Å². The molecule has 0 heterocycles. The van der Waals surface area contributed by atoms with Crippen molar-refractivity contribution >= 4 is 22.4 Å². The second-order valence-corrected chi connectivity index (χ2v) is 21.6. The van der Waals surface area contributed by atoms with Crippen molar-refractivity contribution in [3.05, 3.63) is 48.0 Å². The fourth-order valence-corrected chi connectivity index (χ4v) is 5.08. The standard InChI is InChI=1S/C27H48O4Si2/c1-26(2,3)32(7,8)30-22-25(31-33(9,10)27(4,5)6)19-15-14-18-24(28)21-29-20-23-16-12-11-13-17-23/h11-14,16-18,25H,15,19-22H2,1-10H3/b18-14+/t25-/m0/s1. The molecule has 1 aromatic rings. The molecule has 33 heavy (non-hydrogen) atoms. The molecule has 0 amide bonds. The van der Waals surface area contributed by atoms with Crippen LogP contribution in [0.15, 0.2) is 42.5 Å². The number of hydrogen-bond acceptors (Lipinski definition) is 4. The predicted octanol–water partition coefficient (Wildman–Crippen LogP) is 7.52. The number of carbonyl (C=O) groups is 1. The Bertz CT molecular complexity index is 744. The monoisotopic (exact) mass is 492 g/mol. The zero-order chi connectivity index (χ0) is 25.3. The first-order valence-corrected chi connectivity index (χ1v) is 18.0. The Hall–Kier alpha value is -1.06. The summed E-state index contributed by atoms with van der Waals surface area (Å²) in [5.41, 5.74) is 1.07. The lowest BCUT2D eigenvalue weighted by atomic mass is 10.2. The van der Waals surface area contributed by atoms with Crippen molar-refractivity contribution in [2.24, 2.45) is 0 Å². The third kappa shape index (κ3) is 10.8. The van der Waals surface area contributed by atoms with Gasteiger partial charge in [0.2, 0.25) is 0 Å². The van der Waals surface area contributed by atoms with Crippen molar-refractivity contribution in [3.8, 4) is 0 Å². The highest BCUT2D eigenvalue weighted by Crippen LogP contribution is 2.39. The van der Waals surface area contributed by atoms with Crippen LogP contribution in [0, 0.1) is 0 Å². The van der Waals surface area contributed by atoms with E-state index < -0.39 is 16.6 Å². The third-order valence-corrected chi connectivity index (χ3v) is 16.1. The van der Waals surface area contributed by atoms with Crippen LogP contribution in [0.2, 0.25) is 36.3 Å². The maximum atomic E-state index is 12.2. The van der Waals surface area contributed by atoms with Gasteiger partial charge in [0.1, 0.15) is 6.61 Å². The van der Waals surface area contributed by atoms with Gasteiger partial charge in [0, 0.05) is 0 Å². The molecule has 0 aromatic heterocycles. The number of ether oxygens (including phenoxy) is 1. The average Bonchev–Trinajstić information content (AvgIpc) is 2.68. The number of carbonyl (C=O) groups excluding carboxylic acids is 1. The summed E-state index contributed by atoms with van der Waals surface area (Å²) in [6.07, 6.45) is 5.25. The van der Waals surface area contributed by atoms with Gasteiger partial charge < -0.3 is 13.6 Å². The molecule has 1 atom stereocenters. The fourth-order valence-electron chi connectivity index (χ4n) is 2.68. The van der Waals surface area contributed by atoms with E-state index in [1.165, 1.54) is 0 Å². The second-order valence-electron chi connectivity index (χ2n) is 12.0. The van der Waals surface area contributed by atoms with E-state index in [4.69, 9.17) is 13.6 Å². The van der Waals surface area contributed by atoms with E-state index in [1.807, 2.05) is 36.4 Å². The number of ketones is 1. The molecule has 0 saturated carbocycles. The molecular formula is C27H48O4Si2. The van der Waals surface area contributed by atoms with Crippen LogP contribution in [0.4, 0.5) is 0 Å². The summed E-state index contributed by atoms with van der Waals surface area (Å²) in [6, 6.07) is 9.90. The highest BCUT2D eigenvalue weighted by atomic mass is 28.4. The van der Waals surface area contributed by atoms with Gasteiger partial charge in [-0.25, -0.2) is 0 Å². The molecule has 4 nitrogen and oxygen atoms in total. The molecule has 188 valence electrons. The Balaban J connectivity index is 2.62. The van der Waals surface area contributed by atoms with Crippen LogP contribution in [0.25, 0.3) is 0 Å². The summed E-state index contributed by atoms with van der Waals surface area (Å²) >= 11 is 0. The van der Waals surface area contributed by atoms with Crippen molar-refractivity contribution in [2.75, 3.05) is 13.2 Å². The molecule has 0 saturated heterocycles. The minimum absolute atomic E-state index is 0.00896. The minimum Gasteiger partial charge on any atom is -0.414 e. The summed E-state index contributed by atoms with van der Waals surface area (Å²) in [5.74, 6) is -0.00896. The van der Waals surface area contributed by atoms with Gasteiger partial charge in [0.25, 0.3) is 0 Å². The Morgan fingerprint density at radius 1 is 0.939 bits per heavy atom. The van der Waals surface area contributed by atoms with Crippen LogP contribution in [0.1, 0.15) is 59.9 Å². The smallest absolute Gasteiger partial charge is 0.192 e. The Morgan fingerprint density at radius 2 is 1.52 bits per heavy atom. The molecule has 0 fully saturated rings. The maximum absolute atomic E-state index is 12.2. The average molecular weight is 493 g/mol. The van der Waals surface area contributed by atoms with E-state index in [1.54, 1.807) is 6.08 Å². The lowest BCUT2D eigenvalue weighted by Gasteiger charge is -2.41. The van der Waals surface area contributed by atoms with Crippen molar-refractivity contribution in [2.45, 2.75) is 103 Å². The van der Waals surface area contributed by atoms with Crippen molar-refractivity contribution in [3.63, 3.8) is 0 Å². The molecule has 0 unspecified atom stereocenters. The van der Waals surface area contributed by atoms with Crippen LogP contribution < -0.4 is 0 Å². The lowest BCUT2D eigenvalue weighted by Crippen LogP contribution is -2.47. The number of rotatable bonds is 13. The highest BCUT2D eigenvalue weighted by Gasteiger charge is 2.41. The molecule has 0 aliphatic rings. The van der Waals surface area contributed by atoms with E-state index >= 15 is 0 Å². The molecule has 0 aliphatic heterocycles. The summed E-state index contributed by atoms with van der Waals surface area (Å²) in [6.45, 7) is 23.9. The van der Waals surface area contributed by atoms with Gasteiger partial charge in [0.05, 0.1) is 19.3 Å². The molecule has 0 aliphatic carbocycles. The topological polar surface area (TPSA) is 44.8 Å². The van der Waals surface area contributed by atoms with Crippen molar-refractivity contribution in [1.82, 2.24) is 0 Å². The first-order valence-electron chi connectivity index (χ1n) is 12.2. The zero-order valence-corrected chi connectivity index (χ0v) is 24.8. The molecule has 6 heteroatoms. The van der Waals surface area contributed by atoms with Crippen LogP contribution >= 0.6 is 0 Å². The van der Waals surface area contributed by atoms with Crippen LogP contribution in [-0.2, 0) is 25.0 Å². The first-order chi connectivity index (χ1) is 15.1. The summed E-state index contributed by atoms with van der Waals surface area (Å²) in [5, 5.41) is 0.310. The van der Waals surface area contributed by atoms with Crippen molar-refractivity contribution in [1.29, 1.82) is 0 Å². The summed E-state index contributed by atoms with van der Waals surface area (Å²) in [7, 11) is -3.77. The van der Waals surface area contributed by atoms with Gasteiger partial charge in [-0.1, -0.05) is 78.0 Å². The molecular weight excluding hydrogens is 444 g/mol. The van der Waals surface area contributed by atoms with Gasteiger partial charge in [-0.2, -0.15) is 0 Å². The predicted molar refractivity (Wildman–Crippen MR) is 145 cm³/mol. The van der Waals surface area contributed by atoms with E-state index in [0.717, 1.165) is 18.4 Å². The minimum atomic E-state index is -1.92. The number of hydrogen-bond donors (Lipinski definition) is 0. The van der Waals surface area contributed by atoms with Gasteiger partial charge in [-0.3, -0.25) is 4.79 Å².